The molecule has 0 bridgehead atoms. The highest BCUT2D eigenvalue weighted by Gasteiger charge is 2.41. The topological polar surface area (TPSA) is 63.7 Å². The summed E-state index contributed by atoms with van der Waals surface area (Å²) in [4.78, 5) is 41.8. The fourth-order valence-corrected chi connectivity index (χ4v) is 3.31. The Morgan fingerprint density at radius 3 is 2.32 bits per heavy atom. The van der Waals surface area contributed by atoms with Crippen LogP contribution in [0.15, 0.2) is 24.3 Å². The minimum absolute atomic E-state index is 0.0872. The van der Waals surface area contributed by atoms with E-state index in [1.165, 1.54) is 0 Å². The molecular weight excluding hydrogens is 282 g/mol. The number of hydrogen-bond donors (Lipinski definition) is 0. The van der Waals surface area contributed by atoms with E-state index in [-0.39, 0.29) is 22.5 Å². The first-order valence-corrected chi connectivity index (χ1v) is 7.59. The largest absolute Gasteiger partial charge is 0.336 e. The Morgan fingerprint density at radius 1 is 1.18 bits per heavy atom. The van der Waals surface area contributed by atoms with Crippen LogP contribution in [-0.2, 0) is 9.63 Å². The average Bonchev–Trinajstić information content (AvgIpc) is 2.72. The van der Waals surface area contributed by atoms with Crippen LogP contribution < -0.4 is 0 Å². The van der Waals surface area contributed by atoms with Crippen LogP contribution in [0.2, 0.25) is 0 Å². The summed E-state index contributed by atoms with van der Waals surface area (Å²) in [5, 5.41) is 0.606. The van der Waals surface area contributed by atoms with Crippen LogP contribution in [0.25, 0.3) is 0 Å². The first kappa shape index (κ1) is 14.8. The lowest BCUT2D eigenvalue weighted by Crippen LogP contribution is -2.37. The van der Waals surface area contributed by atoms with Gasteiger partial charge >= 0.3 is 5.97 Å². The third kappa shape index (κ3) is 2.51. The molecule has 0 aromatic heterocycles. The van der Waals surface area contributed by atoms with Crippen molar-refractivity contribution in [1.82, 2.24) is 5.06 Å². The van der Waals surface area contributed by atoms with Crippen molar-refractivity contribution in [1.29, 1.82) is 0 Å². The molecule has 116 valence electrons. The zero-order valence-corrected chi connectivity index (χ0v) is 12.8. The molecule has 1 aliphatic heterocycles. The molecule has 0 spiro atoms. The van der Waals surface area contributed by atoms with E-state index < -0.39 is 17.8 Å². The highest BCUT2D eigenvalue weighted by atomic mass is 16.7. The molecule has 5 nitrogen and oxygen atoms in total. The lowest BCUT2D eigenvalue weighted by atomic mass is 9.72. The number of nitrogens with zero attached hydrogens (tertiary/aromatic N) is 1. The van der Waals surface area contributed by atoms with Crippen LogP contribution in [0.1, 0.15) is 60.2 Å². The van der Waals surface area contributed by atoms with Gasteiger partial charge in [0.25, 0.3) is 11.8 Å². The quantitative estimate of drug-likeness (QED) is 0.788. The molecule has 5 heteroatoms. The van der Waals surface area contributed by atoms with Crippen molar-refractivity contribution in [3.05, 3.63) is 35.4 Å². The Morgan fingerprint density at radius 2 is 1.77 bits per heavy atom. The number of fused-ring (bicyclic) bond motifs is 1. The molecular formula is C17H19NO4. The van der Waals surface area contributed by atoms with Crippen molar-refractivity contribution in [2.75, 3.05) is 0 Å². The molecule has 2 amide bonds. The number of hydroxylamine groups is 2. The van der Waals surface area contributed by atoms with E-state index in [1.807, 2.05) is 0 Å². The number of amides is 2. The second-order valence-corrected chi connectivity index (χ2v) is 6.82. The summed E-state index contributed by atoms with van der Waals surface area (Å²) < 4.78 is 0. The maximum absolute atomic E-state index is 12.3. The van der Waals surface area contributed by atoms with Crippen LogP contribution in [0.4, 0.5) is 0 Å². The highest BCUT2D eigenvalue weighted by Crippen LogP contribution is 2.39. The SMILES string of the molecule is CC1(C)CCCC(C(=O)ON2C(=O)c3ccccc3C2=O)C1. The number of hydrogen-bond acceptors (Lipinski definition) is 4. The van der Waals surface area contributed by atoms with E-state index in [0.29, 0.717) is 5.06 Å². The predicted molar refractivity (Wildman–Crippen MR) is 78.8 cm³/mol. The van der Waals surface area contributed by atoms with E-state index >= 15 is 0 Å². The number of rotatable bonds is 2. The van der Waals surface area contributed by atoms with Crippen LogP contribution >= 0.6 is 0 Å². The van der Waals surface area contributed by atoms with E-state index in [4.69, 9.17) is 4.84 Å². The van der Waals surface area contributed by atoms with Gasteiger partial charge in [-0.25, -0.2) is 4.79 Å². The molecule has 2 aliphatic rings. The standard InChI is InChI=1S/C17H19NO4/c1-17(2)9-5-6-11(10-17)16(21)22-18-14(19)12-7-3-4-8-13(12)15(18)20/h3-4,7-8,11H,5-6,9-10H2,1-2H3. The second-order valence-electron chi connectivity index (χ2n) is 6.82. The highest BCUT2D eigenvalue weighted by molar-refractivity contribution is 6.20. The molecule has 1 fully saturated rings. The van der Waals surface area contributed by atoms with Crippen molar-refractivity contribution in [2.45, 2.75) is 39.5 Å². The zero-order chi connectivity index (χ0) is 15.9. The normalized spacial score (nSPS) is 23.4. The van der Waals surface area contributed by atoms with Gasteiger partial charge in [0.1, 0.15) is 0 Å². The molecule has 3 rings (SSSR count). The molecule has 1 unspecified atom stereocenters. The molecule has 22 heavy (non-hydrogen) atoms. The second kappa shape index (κ2) is 5.23. The van der Waals surface area contributed by atoms with Crippen molar-refractivity contribution < 1.29 is 19.2 Å². The first-order valence-electron chi connectivity index (χ1n) is 7.59. The molecule has 0 N–H and O–H groups in total. The predicted octanol–water partition coefficient (Wildman–Crippen LogP) is 2.96. The Balaban J connectivity index is 1.73. The zero-order valence-electron chi connectivity index (χ0n) is 12.8. The van der Waals surface area contributed by atoms with Gasteiger partial charge in [0, 0.05) is 0 Å². The minimum atomic E-state index is -0.566. The summed E-state index contributed by atoms with van der Waals surface area (Å²) >= 11 is 0. The first-order chi connectivity index (χ1) is 10.4. The molecule has 1 aromatic rings. The smallest absolute Gasteiger partial charge is 0.329 e. The van der Waals surface area contributed by atoms with Gasteiger partial charge in [0.05, 0.1) is 17.0 Å². The fourth-order valence-electron chi connectivity index (χ4n) is 3.31. The minimum Gasteiger partial charge on any atom is -0.329 e. The Labute approximate surface area is 129 Å². The lowest BCUT2D eigenvalue weighted by molar-refractivity contribution is -0.176. The van der Waals surface area contributed by atoms with Crippen LogP contribution in [0.5, 0.6) is 0 Å². The molecule has 1 aromatic carbocycles. The summed E-state index contributed by atoms with van der Waals surface area (Å²) in [5.41, 5.74) is 0.651. The Kier molecular flexibility index (Phi) is 3.51. The van der Waals surface area contributed by atoms with Gasteiger partial charge < -0.3 is 4.84 Å². The van der Waals surface area contributed by atoms with E-state index in [2.05, 4.69) is 13.8 Å². The third-order valence-electron chi connectivity index (χ3n) is 4.48. The monoisotopic (exact) mass is 301 g/mol. The van der Waals surface area contributed by atoms with Crippen molar-refractivity contribution in [3.63, 3.8) is 0 Å². The Hall–Kier alpha value is -2.17. The maximum atomic E-state index is 12.3. The van der Waals surface area contributed by atoms with Gasteiger partial charge in [-0.3, -0.25) is 9.59 Å². The van der Waals surface area contributed by atoms with Gasteiger partial charge in [0.15, 0.2) is 0 Å². The van der Waals surface area contributed by atoms with Crippen LogP contribution in [0, 0.1) is 11.3 Å². The van der Waals surface area contributed by atoms with Crippen molar-refractivity contribution in [2.24, 2.45) is 11.3 Å². The van der Waals surface area contributed by atoms with Gasteiger partial charge in [-0.15, -0.1) is 0 Å². The number of carbonyl (C=O) groups excluding carboxylic acids is 3. The molecule has 1 heterocycles. The lowest BCUT2D eigenvalue weighted by Gasteiger charge is -2.34. The number of carbonyl (C=O) groups is 3. The summed E-state index contributed by atoms with van der Waals surface area (Å²) in [6, 6.07) is 6.48. The van der Waals surface area contributed by atoms with E-state index in [1.54, 1.807) is 24.3 Å². The molecule has 0 radical (unpaired) electrons. The van der Waals surface area contributed by atoms with Gasteiger partial charge in [0.2, 0.25) is 0 Å². The van der Waals surface area contributed by atoms with Gasteiger partial charge in [-0.2, -0.15) is 0 Å². The molecule has 1 saturated carbocycles. The van der Waals surface area contributed by atoms with Crippen LogP contribution in [0.3, 0.4) is 0 Å². The van der Waals surface area contributed by atoms with Gasteiger partial charge in [-0.1, -0.05) is 37.5 Å². The average molecular weight is 301 g/mol. The maximum Gasteiger partial charge on any atom is 0.336 e. The molecule has 0 saturated heterocycles. The number of benzene rings is 1. The fraction of sp³-hybridized carbons (Fsp3) is 0.471. The molecule has 1 aliphatic carbocycles. The summed E-state index contributed by atoms with van der Waals surface area (Å²) in [6.45, 7) is 4.24. The van der Waals surface area contributed by atoms with Crippen LogP contribution in [-0.4, -0.2) is 22.8 Å². The molecule has 1 atom stereocenters. The summed E-state index contributed by atoms with van der Waals surface area (Å²) in [6.07, 6.45) is 3.49. The van der Waals surface area contributed by atoms with Crippen molar-refractivity contribution >= 4 is 17.8 Å². The summed E-state index contributed by atoms with van der Waals surface area (Å²) in [5.74, 6) is -1.87. The van der Waals surface area contributed by atoms with Gasteiger partial charge in [-0.05, 0) is 36.8 Å². The van der Waals surface area contributed by atoms with E-state index in [0.717, 1.165) is 25.7 Å². The van der Waals surface area contributed by atoms with Crippen molar-refractivity contribution in [3.8, 4) is 0 Å². The van der Waals surface area contributed by atoms with E-state index in [9.17, 15) is 14.4 Å². The summed E-state index contributed by atoms with van der Waals surface area (Å²) in [7, 11) is 0. The third-order valence-corrected chi connectivity index (χ3v) is 4.48. The Bertz CT molecular complexity index is 615. The number of imide groups is 1.